The third kappa shape index (κ3) is 3.96. The number of nitrogens with one attached hydrogen (secondary N) is 1. The molecule has 1 N–H and O–H groups in total. The van der Waals surface area contributed by atoms with Crippen molar-refractivity contribution >= 4 is 15.8 Å². The fourth-order valence-electron chi connectivity index (χ4n) is 2.31. The summed E-state index contributed by atoms with van der Waals surface area (Å²) in [7, 11) is -3.52. The Balaban J connectivity index is 1.70. The van der Waals surface area contributed by atoms with Gasteiger partial charge in [0.15, 0.2) is 5.82 Å². The first-order chi connectivity index (χ1) is 11.5. The SMILES string of the molecule is CC(CS(=O)(=O)Nc1ccn(-c2ncccn2)n1)c1ccccc1. The topological polar surface area (TPSA) is 89.8 Å². The van der Waals surface area contributed by atoms with Crippen LogP contribution in [-0.2, 0) is 10.0 Å². The highest BCUT2D eigenvalue weighted by Gasteiger charge is 2.18. The number of hydrogen-bond acceptors (Lipinski definition) is 5. The molecule has 0 saturated heterocycles. The number of anilines is 1. The maximum Gasteiger partial charge on any atom is 0.250 e. The van der Waals surface area contributed by atoms with Gasteiger partial charge in [0.25, 0.3) is 0 Å². The minimum atomic E-state index is -3.52. The van der Waals surface area contributed by atoms with Crippen molar-refractivity contribution in [3.05, 3.63) is 66.6 Å². The molecule has 1 atom stereocenters. The van der Waals surface area contributed by atoms with E-state index in [1.807, 2.05) is 37.3 Å². The normalized spacial score (nSPS) is 12.7. The standard InChI is InChI=1S/C16H17N5O2S/c1-13(14-6-3-2-4-7-14)12-24(22,23)20-15-8-11-21(19-15)16-17-9-5-10-18-16/h2-11,13H,12H2,1H3,(H,19,20). The molecular formula is C16H17N5O2S. The Morgan fingerprint density at radius 3 is 2.50 bits per heavy atom. The van der Waals surface area contributed by atoms with E-state index in [0.717, 1.165) is 5.56 Å². The van der Waals surface area contributed by atoms with Crippen molar-refractivity contribution in [3.8, 4) is 5.95 Å². The van der Waals surface area contributed by atoms with Crippen LogP contribution in [-0.4, -0.2) is 33.9 Å². The molecule has 0 spiro atoms. The van der Waals surface area contributed by atoms with Gasteiger partial charge in [-0.15, -0.1) is 5.10 Å². The van der Waals surface area contributed by atoms with E-state index in [9.17, 15) is 8.42 Å². The van der Waals surface area contributed by atoms with E-state index < -0.39 is 10.0 Å². The van der Waals surface area contributed by atoms with E-state index in [-0.39, 0.29) is 17.5 Å². The van der Waals surface area contributed by atoms with Crippen LogP contribution in [0.3, 0.4) is 0 Å². The van der Waals surface area contributed by atoms with Crippen LogP contribution in [0.4, 0.5) is 5.82 Å². The Morgan fingerprint density at radius 1 is 1.08 bits per heavy atom. The lowest BCUT2D eigenvalue weighted by Crippen LogP contribution is -2.21. The zero-order valence-electron chi connectivity index (χ0n) is 13.1. The Kier molecular flexibility index (Phi) is 4.57. The maximum absolute atomic E-state index is 12.3. The van der Waals surface area contributed by atoms with Crippen molar-refractivity contribution in [2.24, 2.45) is 0 Å². The van der Waals surface area contributed by atoms with E-state index in [1.54, 1.807) is 30.7 Å². The lowest BCUT2D eigenvalue weighted by atomic mass is 10.0. The lowest BCUT2D eigenvalue weighted by molar-refractivity contribution is 0.595. The molecule has 7 nitrogen and oxygen atoms in total. The fourth-order valence-corrected chi connectivity index (χ4v) is 3.67. The van der Waals surface area contributed by atoms with Gasteiger partial charge in [0.1, 0.15) is 0 Å². The van der Waals surface area contributed by atoms with Gasteiger partial charge in [0.2, 0.25) is 16.0 Å². The molecule has 2 aromatic heterocycles. The Morgan fingerprint density at radius 2 is 1.79 bits per heavy atom. The van der Waals surface area contributed by atoms with Crippen LogP contribution in [0.5, 0.6) is 0 Å². The summed E-state index contributed by atoms with van der Waals surface area (Å²) in [6.07, 6.45) is 4.79. The number of benzene rings is 1. The maximum atomic E-state index is 12.3. The van der Waals surface area contributed by atoms with Gasteiger partial charge in [-0.1, -0.05) is 37.3 Å². The summed E-state index contributed by atoms with van der Waals surface area (Å²) in [5.41, 5.74) is 0.978. The van der Waals surface area contributed by atoms with E-state index in [2.05, 4.69) is 19.8 Å². The van der Waals surface area contributed by atoms with Crippen LogP contribution in [0.15, 0.2) is 61.1 Å². The Hall–Kier alpha value is -2.74. The summed E-state index contributed by atoms with van der Waals surface area (Å²) in [6.45, 7) is 1.88. The van der Waals surface area contributed by atoms with Gasteiger partial charge < -0.3 is 0 Å². The van der Waals surface area contributed by atoms with Gasteiger partial charge in [-0.05, 0) is 17.5 Å². The van der Waals surface area contributed by atoms with Crippen molar-refractivity contribution < 1.29 is 8.42 Å². The molecule has 0 fully saturated rings. The smallest absolute Gasteiger partial charge is 0.250 e. The van der Waals surface area contributed by atoms with Crippen molar-refractivity contribution in [2.45, 2.75) is 12.8 Å². The van der Waals surface area contributed by atoms with Gasteiger partial charge in [0, 0.05) is 24.7 Å². The zero-order chi connectivity index (χ0) is 17.0. The molecule has 124 valence electrons. The highest BCUT2D eigenvalue weighted by atomic mass is 32.2. The highest BCUT2D eigenvalue weighted by molar-refractivity contribution is 7.92. The largest absolute Gasteiger partial charge is 0.266 e. The van der Waals surface area contributed by atoms with Crippen LogP contribution in [0, 0.1) is 0 Å². The molecule has 0 aliphatic heterocycles. The van der Waals surface area contributed by atoms with E-state index >= 15 is 0 Å². The molecule has 0 saturated carbocycles. The first kappa shape index (κ1) is 16.1. The predicted octanol–water partition coefficient (Wildman–Crippen LogP) is 2.21. The third-order valence-corrected chi connectivity index (χ3v) is 4.90. The molecule has 3 rings (SSSR count). The van der Waals surface area contributed by atoms with E-state index in [1.165, 1.54) is 4.68 Å². The first-order valence-corrected chi connectivity index (χ1v) is 9.07. The molecule has 24 heavy (non-hydrogen) atoms. The Labute approximate surface area is 140 Å². The summed E-state index contributed by atoms with van der Waals surface area (Å²) in [6, 6.07) is 12.8. The highest BCUT2D eigenvalue weighted by Crippen LogP contribution is 2.18. The number of sulfonamides is 1. The molecule has 0 aliphatic carbocycles. The molecule has 8 heteroatoms. The Bertz CT molecular complexity index is 894. The van der Waals surface area contributed by atoms with Crippen molar-refractivity contribution in [1.82, 2.24) is 19.7 Å². The number of rotatable bonds is 6. The molecule has 2 heterocycles. The van der Waals surface area contributed by atoms with Crippen LogP contribution < -0.4 is 4.72 Å². The average Bonchev–Trinajstić information content (AvgIpc) is 3.03. The van der Waals surface area contributed by atoms with Crippen LogP contribution in [0.2, 0.25) is 0 Å². The van der Waals surface area contributed by atoms with Gasteiger partial charge in [-0.2, -0.15) is 0 Å². The molecule has 1 aromatic carbocycles. The van der Waals surface area contributed by atoms with Gasteiger partial charge in [-0.3, -0.25) is 4.72 Å². The summed E-state index contributed by atoms with van der Waals surface area (Å²) in [5, 5.41) is 4.15. The lowest BCUT2D eigenvalue weighted by Gasteiger charge is -2.12. The number of hydrogen-bond donors (Lipinski definition) is 1. The summed E-state index contributed by atoms with van der Waals surface area (Å²) in [4.78, 5) is 8.12. The molecule has 1 unspecified atom stereocenters. The molecule has 3 aromatic rings. The molecular weight excluding hydrogens is 326 g/mol. The second-order valence-electron chi connectivity index (χ2n) is 5.39. The molecule has 0 amide bonds. The van der Waals surface area contributed by atoms with E-state index in [4.69, 9.17) is 0 Å². The quantitative estimate of drug-likeness (QED) is 0.741. The van der Waals surface area contributed by atoms with Crippen molar-refractivity contribution in [3.63, 3.8) is 0 Å². The minimum absolute atomic E-state index is 0.0221. The third-order valence-electron chi connectivity index (χ3n) is 3.44. The monoisotopic (exact) mass is 343 g/mol. The van der Waals surface area contributed by atoms with Gasteiger partial charge in [-0.25, -0.2) is 23.1 Å². The predicted molar refractivity (Wildman–Crippen MR) is 91.4 cm³/mol. The summed E-state index contributed by atoms with van der Waals surface area (Å²) >= 11 is 0. The molecule has 0 radical (unpaired) electrons. The minimum Gasteiger partial charge on any atom is -0.266 e. The zero-order valence-corrected chi connectivity index (χ0v) is 13.9. The fraction of sp³-hybridized carbons (Fsp3) is 0.188. The second kappa shape index (κ2) is 6.79. The average molecular weight is 343 g/mol. The van der Waals surface area contributed by atoms with Gasteiger partial charge in [0.05, 0.1) is 5.75 Å². The number of aromatic nitrogens is 4. The van der Waals surface area contributed by atoms with Crippen molar-refractivity contribution in [1.29, 1.82) is 0 Å². The van der Waals surface area contributed by atoms with Crippen molar-refractivity contribution in [2.75, 3.05) is 10.5 Å². The van der Waals surface area contributed by atoms with E-state index in [0.29, 0.717) is 5.95 Å². The molecule has 0 bridgehead atoms. The van der Waals surface area contributed by atoms with Crippen LogP contribution >= 0.6 is 0 Å². The summed E-state index contributed by atoms with van der Waals surface area (Å²) in [5.74, 6) is 0.470. The van der Waals surface area contributed by atoms with Crippen LogP contribution in [0.25, 0.3) is 5.95 Å². The first-order valence-electron chi connectivity index (χ1n) is 7.42. The van der Waals surface area contributed by atoms with Crippen LogP contribution in [0.1, 0.15) is 18.4 Å². The van der Waals surface area contributed by atoms with Gasteiger partial charge >= 0.3 is 0 Å². The number of nitrogens with zero attached hydrogens (tertiary/aromatic N) is 4. The summed E-state index contributed by atoms with van der Waals surface area (Å²) < 4.78 is 28.6. The molecule has 0 aliphatic rings. The second-order valence-corrected chi connectivity index (χ2v) is 7.16.